The van der Waals surface area contributed by atoms with E-state index >= 15 is 4.39 Å². The van der Waals surface area contributed by atoms with Gasteiger partial charge in [-0.15, -0.1) is 0 Å². The number of alkyl halides is 3. The first-order valence-electron chi connectivity index (χ1n) is 12.7. The highest BCUT2D eigenvalue weighted by Crippen LogP contribution is 2.40. The number of nitrogens with zero attached hydrogens (tertiary/aromatic N) is 4. The number of aryl methyl sites for hydroxylation is 1. The predicted molar refractivity (Wildman–Crippen MR) is 142 cm³/mol. The lowest BCUT2D eigenvalue weighted by molar-refractivity contribution is -0.139. The van der Waals surface area contributed by atoms with E-state index in [1.807, 2.05) is 4.90 Å². The lowest BCUT2D eigenvalue weighted by Crippen LogP contribution is -2.35. The van der Waals surface area contributed by atoms with Crippen molar-refractivity contribution in [3.63, 3.8) is 0 Å². The lowest BCUT2D eigenvalue weighted by Gasteiger charge is -2.34. The van der Waals surface area contributed by atoms with E-state index in [0.29, 0.717) is 23.6 Å². The molecule has 14 heteroatoms. The summed E-state index contributed by atoms with van der Waals surface area (Å²) < 4.78 is 83.3. The number of aromatic nitrogens is 3. The molecule has 2 aromatic carbocycles. The third-order valence-corrected chi connectivity index (χ3v) is 7.57. The van der Waals surface area contributed by atoms with E-state index in [1.54, 1.807) is 6.92 Å². The molecule has 0 spiro atoms. The van der Waals surface area contributed by atoms with Gasteiger partial charge in [-0.3, -0.25) is 4.90 Å². The summed E-state index contributed by atoms with van der Waals surface area (Å²) in [4.78, 5) is 22.2. The van der Waals surface area contributed by atoms with Crippen LogP contribution in [0.3, 0.4) is 0 Å². The second-order valence-electron chi connectivity index (χ2n) is 9.83. The summed E-state index contributed by atoms with van der Waals surface area (Å²) in [6.07, 6.45) is -4.53. The van der Waals surface area contributed by atoms with Gasteiger partial charge in [0, 0.05) is 30.2 Å². The molecule has 0 fully saturated rings. The molecule has 42 heavy (non-hydrogen) atoms. The Hall–Kier alpha value is -3.97. The zero-order valence-electron chi connectivity index (χ0n) is 22.5. The van der Waals surface area contributed by atoms with Crippen LogP contribution in [0.4, 0.5) is 22.0 Å². The van der Waals surface area contributed by atoms with Gasteiger partial charge in [-0.1, -0.05) is 17.7 Å². The molecular weight excluding hydrogens is 587 g/mol. The van der Waals surface area contributed by atoms with E-state index in [4.69, 9.17) is 21.1 Å². The van der Waals surface area contributed by atoms with Crippen molar-refractivity contribution in [2.45, 2.75) is 38.7 Å². The van der Waals surface area contributed by atoms with E-state index in [9.17, 15) is 27.5 Å². The van der Waals surface area contributed by atoms with E-state index in [0.717, 1.165) is 18.2 Å². The molecule has 1 aliphatic rings. The number of halogens is 6. The first-order chi connectivity index (χ1) is 19.8. The minimum atomic E-state index is -4.76. The number of benzene rings is 2. The lowest BCUT2D eigenvalue weighted by atomic mass is 9.97. The summed E-state index contributed by atoms with van der Waals surface area (Å²) in [5.74, 6) is -3.36. The molecule has 222 valence electrons. The van der Waals surface area contributed by atoms with Gasteiger partial charge in [0.25, 0.3) is 0 Å². The van der Waals surface area contributed by atoms with Crippen LogP contribution in [0.2, 0.25) is 5.02 Å². The summed E-state index contributed by atoms with van der Waals surface area (Å²) in [5, 5.41) is 9.54. The van der Waals surface area contributed by atoms with Gasteiger partial charge in [0.05, 0.1) is 25.4 Å². The molecule has 1 aliphatic heterocycles. The number of fused-ring (bicyclic) bond motifs is 2. The van der Waals surface area contributed by atoms with Crippen LogP contribution in [0.25, 0.3) is 11.0 Å². The summed E-state index contributed by atoms with van der Waals surface area (Å²) in [5.41, 5.74) is -0.799. The Morgan fingerprint density at radius 2 is 1.93 bits per heavy atom. The van der Waals surface area contributed by atoms with Gasteiger partial charge in [-0.05, 0) is 37.1 Å². The summed E-state index contributed by atoms with van der Waals surface area (Å²) in [6, 6.07) is 5.33. The van der Waals surface area contributed by atoms with Gasteiger partial charge in [-0.25, -0.2) is 23.5 Å². The van der Waals surface area contributed by atoms with Crippen LogP contribution in [0.1, 0.15) is 51.5 Å². The molecular formula is C28H24ClF5N4O4. The number of hydrogen-bond acceptors (Lipinski definition) is 6. The molecule has 8 nitrogen and oxygen atoms in total. The number of imidazole rings is 1. The molecule has 1 N–H and O–H groups in total. The minimum Gasteiger partial charge on any atom is -0.494 e. The Kier molecular flexibility index (Phi) is 7.75. The van der Waals surface area contributed by atoms with Crippen LogP contribution >= 0.6 is 11.6 Å². The Bertz CT molecular complexity index is 1710. The second kappa shape index (κ2) is 11.0. The molecule has 0 amide bonds. The fraction of sp³-hybridized carbons (Fsp3) is 0.321. The number of ether oxygens (including phenoxy) is 2. The van der Waals surface area contributed by atoms with Crippen molar-refractivity contribution in [1.29, 1.82) is 0 Å². The number of carboxylic acids is 1. The van der Waals surface area contributed by atoms with Crippen LogP contribution in [0.5, 0.6) is 11.6 Å². The fourth-order valence-electron chi connectivity index (χ4n) is 5.05. The standard InChI is InChI=1S/C28H24ClF5N4O4/c1-13-23-14(8-18(28(32,33)34)26(36-23)42-12-15-4-5-16(29)9-19(15)30)6-7-38(13)11-21-35-24-20(41-3)10-17(27(39)40)22(31)25(24)37(21)2/h4-5,8-10,13H,6-7,11-12H2,1-3H3,(H,39,40)/t13-/m0/s1. The summed E-state index contributed by atoms with van der Waals surface area (Å²) >= 11 is 5.76. The largest absolute Gasteiger partial charge is 0.494 e. The summed E-state index contributed by atoms with van der Waals surface area (Å²) in [6.45, 7) is 1.74. The van der Waals surface area contributed by atoms with Crippen LogP contribution < -0.4 is 9.47 Å². The van der Waals surface area contributed by atoms with Gasteiger partial charge in [0.15, 0.2) is 5.82 Å². The van der Waals surface area contributed by atoms with Crippen LogP contribution in [0.15, 0.2) is 30.3 Å². The second-order valence-corrected chi connectivity index (χ2v) is 10.3. The fourth-order valence-corrected chi connectivity index (χ4v) is 5.21. The highest BCUT2D eigenvalue weighted by Gasteiger charge is 2.38. The maximum Gasteiger partial charge on any atom is 0.421 e. The molecule has 1 atom stereocenters. The van der Waals surface area contributed by atoms with Gasteiger partial charge in [0.1, 0.15) is 46.2 Å². The highest BCUT2D eigenvalue weighted by atomic mass is 35.5. The Balaban J connectivity index is 1.48. The SMILES string of the molecule is COc1cc(C(=O)O)c(F)c2c1nc(CN1CCc3cc(C(F)(F)F)c(OCc4ccc(Cl)cc4F)nc3[C@@H]1C)n2C. The Morgan fingerprint density at radius 1 is 1.19 bits per heavy atom. The third kappa shape index (κ3) is 5.34. The number of carboxylic acid groups (broad SMARTS) is 1. The van der Waals surface area contributed by atoms with Crippen molar-refractivity contribution in [1.82, 2.24) is 19.4 Å². The third-order valence-electron chi connectivity index (χ3n) is 7.33. The number of carbonyl (C=O) groups is 1. The van der Waals surface area contributed by atoms with E-state index in [-0.39, 0.29) is 40.3 Å². The number of aromatic carboxylic acids is 1. The average Bonchev–Trinajstić information content (AvgIpc) is 3.25. The predicted octanol–water partition coefficient (Wildman–Crippen LogP) is 6.32. The van der Waals surface area contributed by atoms with E-state index in [2.05, 4.69) is 9.97 Å². The number of rotatable bonds is 7. The van der Waals surface area contributed by atoms with Gasteiger partial charge < -0.3 is 19.1 Å². The van der Waals surface area contributed by atoms with Crippen molar-refractivity contribution >= 4 is 28.6 Å². The molecule has 0 unspecified atom stereocenters. The topological polar surface area (TPSA) is 89.7 Å². The Morgan fingerprint density at radius 3 is 2.57 bits per heavy atom. The first kappa shape index (κ1) is 29.5. The molecule has 5 rings (SSSR count). The van der Waals surface area contributed by atoms with Crippen LogP contribution in [-0.2, 0) is 32.8 Å². The van der Waals surface area contributed by atoms with Gasteiger partial charge in [0.2, 0.25) is 5.88 Å². The molecule has 0 radical (unpaired) electrons. The zero-order valence-corrected chi connectivity index (χ0v) is 23.3. The minimum absolute atomic E-state index is 0.0114. The van der Waals surface area contributed by atoms with Crippen molar-refractivity contribution in [3.8, 4) is 11.6 Å². The molecule has 3 heterocycles. The van der Waals surface area contributed by atoms with E-state index < -0.39 is 53.4 Å². The van der Waals surface area contributed by atoms with Crippen molar-refractivity contribution in [2.75, 3.05) is 13.7 Å². The van der Waals surface area contributed by atoms with Gasteiger partial charge in [-0.2, -0.15) is 13.2 Å². The maximum atomic E-state index is 15.1. The monoisotopic (exact) mass is 610 g/mol. The molecule has 0 saturated carbocycles. The summed E-state index contributed by atoms with van der Waals surface area (Å²) in [7, 11) is 2.86. The zero-order chi connectivity index (χ0) is 30.5. The molecule has 4 aromatic rings. The van der Waals surface area contributed by atoms with Crippen molar-refractivity contribution < 1.29 is 41.3 Å². The number of methoxy groups -OCH3 is 1. The van der Waals surface area contributed by atoms with Crippen molar-refractivity contribution in [3.05, 3.63) is 80.8 Å². The Labute approximate surface area is 241 Å². The number of hydrogen-bond donors (Lipinski definition) is 1. The normalized spacial score (nSPS) is 15.6. The smallest absolute Gasteiger partial charge is 0.421 e. The highest BCUT2D eigenvalue weighted by molar-refractivity contribution is 6.30. The molecule has 0 bridgehead atoms. The average molecular weight is 611 g/mol. The first-order valence-corrected chi connectivity index (χ1v) is 13.0. The molecule has 2 aromatic heterocycles. The van der Waals surface area contributed by atoms with Crippen LogP contribution in [0, 0.1) is 11.6 Å². The maximum absolute atomic E-state index is 15.1. The quantitative estimate of drug-likeness (QED) is 0.245. The van der Waals surface area contributed by atoms with E-state index in [1.165, 1.54) is 30.9 Å². The number of pyridine rings is 1. The van der Waals surface area contributed by atoms with Crippen molar-refractivity contribution in [2.24, 2.45) is 7.05 Å². The van der Waals surface area contributed by atoms with Gasteiger partial charge >= 0.3 is 12.1 Å². The van der Waals surface area contributed by atoms with Crippen LogP contribution in [-0.4, -0.2) is 44.2 Å². The molecule has 0 aliphatic carbocycles. The molecule has 0 saturated heterocycles.